The van der Waals surface area contributed by atoms with Crippen molar-refractivity contribution in [2.75, 3.05) is 0 Å². The molecule has 97 valence electrons. The van der Waals surface area contributed by atoms with E-state index in [9.17, 15) is 0 Å². The molecular formula is C13H19N2OSSi. The topological polar surface area (TPSA) is 35.0 Å². The van der Waals surface area contributed by atoms with Gasteiger partial charge in [0.1, 0.15) is 10.3 Å². The highest BCUT2D eigenvalue weighted by molar-refractivity contribution is 7.15. The van der Waals surface area contributed by atoms with Crippen molar-refractivity contribution in [3.05, 3.63) is 23.3 Å². The van der Waals surface area contributed by atoms with Gasteiger partial charge in [0, 0.05) is 0 Å². The van der Waals surface area contributed by atoms with Gasteiger partial charge in [-0.05, 0) is 30.3 Å². The predicted octanol–water partition coefficient (Wildman–Crippen LogP) is 4.01. The first-order chi connectivity index (χ1) is 8.29. The number of fused-ring (bicyclic) bond motifs is 1. The van der Waals surface area contributed by atoms with Crippen molar-refractivity contribution in [1.82, 2.24) is 9.97 Å². The molecule has 0 aliphatic carbocycles. The minimum atomic E-state index is -1.70. The van der Waals surface area contributed by atoms with Crippen molar-refractivity contribution >= 4 is 30.0 Å². The molecule has 0 spiro atoms. The van der Waals surface area contributed by atoms with Gasteiger partial charge in [0.25, 0.3) is 0 Å². The number of aromatic nitrogens is 2. The molecule has 2 rings (SSSR count). The Morgan fingerprint density at radius 2 is 2.06 bits per heavy atom. The van der Waals surface area contributed by atoms with E-state index in [-0.39, 0.29) is 5.04 Å². The van der Waals surface area contributed by atoms with Crippen LogP contribution in [0.25, 0.3) is 10.3 Å². The average Bonchev–Trinajstić information content (AvgIpc) is 2.71. The number of nitrogens with zero attached hydrogens (tertiary/aromatic N) is 2. The van der Waals surface area contributed by atoms with E-state index in [1.165, 1.54) is 11.3 Å². The quantitative estimate of drug-likeness (QED) is 0.796. The summed E-state index contributed by atoms with van der Waals surface area (Å²) >= 11 is 1.45. The average molecular weight is 279 g/mol. The lowest BCUT2D eigenvalue weighted by Gasteiger charge is -2.36. The number of thiazole rings is 1. The number of pyridine rings is 1. The molecule has 2 aromatic rings. The molecule has 5 heteroatoms. The largest absolute Gasteiger partial charge is 0.411 e. The van der Waals surface area contributed by atoms with Crippen molar-refractivity contribution in [3.63, 3.8) is 0 Å². The standard InChI is InChI=1S/C13H19N2OSSi/c1-13(2,3)18(4,5)16-8-10-6-7-11-12(15-10)17-9-14-11/h6-7H,8H2,1-5H3. The molecular weight excluding hydrogens is 260 g/mol. The Labute approximate surface area is 113 Å². The van der Waals surface area contributed by atoms with Gasteiger partial charge < -0.3 is 4.43 Å². The van der Waals surface area contributed by atoms with Gasteiger partial charge in [0.05, 0.1) is 12.3 Å². The first-order valence-corrected chi connectivity index (χ1v) is 9.78. The smallest absolute Gasteiger partial charge is 0.192 e. The Balaban J connectivity index is 2.10. The maximum atomic E-state index is 6.16. The summed E-state index contributed by atoms with van der Waals surface area (Å²) in [5.41, 5.74) is 4.75. The highest BCUT2D eigenvalue weighted by Gasteiger charge is 2.37. The molecule has 0 saturated carbocycles. The fourth-order valence-electron chi connectivity index (χ4n) is 1.30. The Morgan fingerprint density at radius 3 is 2.72 bits per heavy atom. The van der Waals surface area contributed by atoms with Gasteiger partial charge in [-0.2, -0.15) is 0 Å². The van der Waals surface area contributed by atoms with E-state index in [1.54, 1.807) is 0 Å². The monoisotopic (exact) mass is 279 g/mol. The molecule has 1 radical (unpaired) electrons. The van der Waals surface area contributed by atoms with Crippen LogP contribution in [0.3, 0.4) is 0 Å². The van der Waals surface area contributed by atoms with E-state index in [1.807, 2.05) is 12.1 Å². The van der Waals surface area contributed by atoms with Gasteiger partial charge in [-0.1, -0.05) is 32.1 Å². The van der Waals surface area contributed by atoms with E-state index in [2.05, 4.69) is 49.3 Å². The van der Waals surface area contributed by atoms with E-state index in [0.29, 0.717) is 6.61 Å². The zero-order valence-electron chi connectivity index (χ0n) is 11.6. The van der Waals surface area contributed by atoms with E-state index in [4.69, 9.17) is 4.43 Å². The fourth-order valence-corrected chi connectivity index (χ4v) is 2.85. The normalized spacial score (nSPS) is 13.2. The van der Waals surface area contributed by atoms with Crippen LogP contribution in [0.15, 0.2) is 12.1 Å². The first kappa shape index (κ1) is 13.6. The Kier molecular flexibility index (Phi) is 3.57. The summed E-state index contributed by atoms with van der Waals surface area (Å²) in [5.74, 6) is 0. The van der Waals surface area contributed by atoms with Crippen LogP contribution in [0.5, 0.6) is 0 Å². The Morgan fingerprint density at radius 1 is 1.33 bits per heavy atom. The molecule has 2 aromatic heterocycles. The zero-order valence-corrected chi connectivity index (χ0v) is 13.4. The number of hydrogen-bond donors (Lipinski definition) is 0. The molecule has 0 bridgehead atoms. The van der Waals surface area contributed by atoms with Crippen LogP contribution in [0.1, 0.15) is 26.5 Å². The van der Waals surface area contributed by atoms with E-state index in [0.717, 1.165) is 16.0 Å². The van der Waals surface area contributed by atoms with Crippen LogP contribution in [-0.4, -0.2) is 18.3 Å². The van der Waals surface area contributed by atoms with Gasteiger partial charge in [-0.3, -0.25) is 0 Å². The van der Waals surface area contributed by atoms with E-state index < -0.39 is 8.32 Å². The highest BCUT2D eigenvalue weighted by atomic mass is 32.1. The molecule has 0 N–H and O–H groups in total. The molecule has 0 aliphatic heterocycles. The lowest BCUT2D eigenvalue weighted by Crippen LogP contribution is -2.40. The third kappa shape index (κ3) is 2.79. The van der Waals surface area contributed by atoms with Gasteiger partial charge >= 0.3 is 0 Å². The molecule has 0 atom stereocenters. The summed E-state index contributed by atoms with van der Waals surface area (Å²) in [5, 5.41) is 0.232. The van der Waals surface area contributed by atoms with Crippen LogP contribution in [0.4, 0.5) is 0 Å². The predicted molar refractivity (Wildman–Crippen MR) is 78.2 cm³/mol. The van der Waals surface area contributed by atoms with Gasteiger partial charge in [-0.15, -0.1) is 0 Å². The number of hydrogen-bond acceptors (Lipinski definition) is 4. The van der Waals surface area contributed by atoms with Crippen LogP contribution in [0.2, 0.25) is 18.1 Å². The van der Waals surface area contributed by atoms with Crippen molar-refractivity contribution in [1.29, 1.82) is 0 Å². The molecule has 0 fully saturated rings. The summed E-state index contributed by atoms with van der Waals surface area (Å²) in [6, 6.07) is 3.97. The molecule has 0 aliphatic rings. The molecule has 0 unspecified atom stereocenters. The highest BCUT2D eigenvalue weighted by Crippen LogP contribution is 2.37. The van der Waals surface area contributed by atoms with Crippen LogP contribution < -0.4 is 0 Å². The minimum Gasteiger partial charge on any atom is -0.411 e. The zero-order chi connectivity index (χ0) is 13.4. The molecule has 3 nitrogen and oxygen atoms in total. The molecule has 0 amide bonds. The van der Waals surface area contributed by atoms with Crippen LogP contribution >= 0.6 is 11.3 Å². The van der Waals surface area contributed by atoms with Crippen molar-refractivity contribution in [2.45, 2.75) is 45.5 Å². The second kappa shape index (κ2) is 4.72. The van der Waals surface area contributed by atoms with Crippen LogP contribution in [-0.2, 0) is 11.0 Å². The molecule has 18 heavy (non-hydrogen) atoms. The van der Waals surface area contributed by atoms with Gasteiger partial charge in [0.15, 0.2) is 13.8 Å². The third-order valence-corrected chi connectivity index (χ3v) is 8.75. The van der Waals surface area contributed by atoms with Crippen molar-refractivity contribution < 1.29 is 4.43 Å². The summed E-state index contributed by atoms with van der Waals surface area (Å²) in [6.45, 7) is 11.8. The second-order valence-corrected chi connectivity index (χ2v) is 11.6. The lowest BCUT2D eigenvalue weighted by molar-refractivity contribution is 0.272. The minimum absolute atomic E-state index is 0.232. The van der Waals surface area contributed by atoms with Gasteiger partial charge in [0.2, 0.25) is 0 Å². The Bertz CT molecular complexity index is 545. The SMILES string of the molecule is CC(C)(C)[Si](C)(C)OCc1ccc2n[c]sc2n1. The summed E-state index contributed by atoms with van der Waals surface area (Å²) in [6.07, 6.45) is 0. The summed E-state index contributed by atoms with van der Waals surface area (Å²) in [7, 11) is -1.70. The summed E-state index contributed by atoms with van der Waals surface area (Å²) < 4.78 is 6.16. The maximum absolute atomic E-state index is 6.16. The van der Waals surface area contributed by atoms with E-state index >= 15 is 0 Å². The number of rotatable bonds is 3. The first-order valence-electron chi connectivity index (χ1n) is 6.06. The maximum Gasteiger partial charge on any atom is 0.192 e. The fraction of sp³-hybridized carbons (Fsp3) is 0.538. The van der Waals surface area contributed by atoms with Gasteiger partial charge in [-0.25, -0.2) is 9.97 Å². The lowest BCUT2D eigenvalue weighted by atomic mass is 10.2. The molecule has 0 saturated heterocycles. The molecule has 2 heterocycles. The molecule has 0 aromatic carbocycles. The summed E-state index contributed by atoms with van der Waals surface area (Å²) in [4.78, 5) is 9.59. The Hall–Kier alpha value is -0.783. The third-order valence-electron chi connectivity index (χ3n) is 3.59. The second-order valence-electron chi connectivity index (χ2n) is 5.98. The van der Waals surface area contributed by atoms with Crippen molar-refractivity contribution in [2.24, 2.45) is 0 Å². The van der Waals surface area contributed by atoms with Crippen molar-refractivity contribution in [3.8, 4) is 0 Å². The van der Waals surface area contributed by atoms with Crippen LogP contribution in [0, 0.1) is 5.51 Å².